The van der Waals surface area contributed by atoms with E-state index in [0.717, 1.165) is 24.2 Å². The van der Waals surface area contributed by atoms with Crippen LogP contribution in [0.1, 0.15) is 24.5 Å². The molecule has 0 radical (unpaired) electrons. The Bertz CT molecular complexity index is 471. The highest BCUT2D eigenvalue weighted by molar-refractivity contribution is 5.80. The molecule has 0 saturated carbocycles. The number of amides is 1. The summed E-state index contributed by atoms with van der Waals surface area (Å²) in [6, 6.07) is 6.04. The first-order chi connectivity index (χ1) is 10.1. The molecule has 0 aliphatic heterocycles. The van der Waals surface area contributed by atoms with Gasteiger partial charge in [-0.15, -0.1) is 6.58 Å². The summed E-state index contributed by atoms with van der Waals surface area (Å²) >= 11 is 0. The Labute approximate surface area is 127 Å². The molecule has 1 atom stereocenters. The Balaban J connectivity index is 2.40. The van der Waals surface area contributed by atoms with Crippen molar-refractivity contribution < 1.29 is 14.3 Å². The highest BCUT2D eigenvalue weighted by Gasteiger charge is 2.12. The van der Waals surface area contributed by atoms with Crippen LogP contribution >= 0.6 is 0 Å². The van der Waals surface area contributed by atoms with Crippen LogP contribution in [0.25, 0.3) is 0 Å². The number of carbonyl (C=O) groups is 1. The number of rotatable bonds is 9. The van der Waals surface area contributed by atoms with Crippen LogP contribution in [0.2, 0.25) is 0 Å². The smallest absolute Gasteiger partial charge is 0.248 e. The average molecular weight is 291 g/mol. The average Bonchev–Trinajstić information content (AvgIpc) is 2.47. The third-order valence-corrected chi connectivity index (χ3v) is 3.19. The number of hydrogen-bond donors (Lipinski definition) is 1. The predicted octanol–water partition coefficient (Wildman–Crippen LogP) is 2.64. The fraction of sp³-hybridized carbons (Fsp3) is 0.471. The SMILES string of the molecule is C=CCCOC(C)C(=O)NCCc1cc(C)ccc1OC. The topological polar surface area (TPSA) is 47.6 Å². The van der Waals surface area contributed by atoms with Gasteiger partial charge in [-0.1, -0.05) is 23.8 Å². The van der Waals surface area contributed by atoms with Gasteiger partial charge in [-0.2, -0.15) is 0 Å². The van der Waals surface area contributed by atoms with Crippen LogP contribution < -0.4 is 10.1 Å². The fourth-order valence-corrected chi connectivity index (χ4v) is 1.97. The molecule has 1 rings (SSSR count). The van der Waals surface area contributed by atoms with Gasteiger partial charge in [0, 0.05) is 6.54 Å². The molecule has 1 N–H and O–H groups in total. The van der Waals surface area contributed by atoms with Crippen molar-refractivity contribution in [1.82, 2.24) is 5.32 Å². The predicted molar refractivity (Wildman–Crippen MR) is 84.7 cm³/mol. The first-order valence-electron chi connectivity index (χ1n) is 7.22. The molecule has 116 valence electrons. The largest absolute Gasteiger partial charge is 0.496 e. The summed E-state index contributed by atoms with van der Waals surface area (Å²) in [7, 11) is 1.66. The monoisotopic (exact) mass is 291 g/mol. The third-order valence-electron chi connectivity index (χ3n) is 3.19. The highest BCUT2D eigenvalue weighted by Crippen LogP contribution is 2.19. The van der Waals surface area contributed by atoms with Crippen molar-refractivity contribution in [2.24, 2.45) is 0 Å². The van der Waals surface area contributed by atoms with Gasteiger partial charge in [0.1, 0.15) is 11.9 Å². The summed E-state index contributed by atoms with van der Waals surface area (Å²) in [5.74, 6) is 0.760. The zero-order valence-corrected chi connectivity index (χ0v) is 13.1. The van der Waals surface area contributed by atoms with Crippen molar-refractivity contribution in [2.45, 2.75) is 32.8 Å². The van der Waals surface area contributed by atoms with Crippen LogP contribution in [0.3, 0.4) is 0 Å². The van der Waals surface area contributed by atoms with Gasteiger partial charge in [0.2, 0.25) is 5.91 Å². The van der Waals surface area contributed by atoms with Gasteiger partial charge in [0.15, 0.2) is 0 Å². The summed E-state index contributed by atoms with van der Waals surface area (Å²) in [5, 5.41) is 2.88. The normalized spacial score (nSPS) is 11.8. The van der Waals surface area contributed by atoms with Gasteiger partial charge in [-0.05, 0) is 38.3 Å². The first-order valence-corrected chi connectivity index (χ1v) is 7.22. The summed E-state index contributed by atoms with van der Waals surface area (Å²) in [5.41, 5.74) is 2.27. The Morgan fingerprint density at radius 2 is 2.24 bits per heavy atom. The minimum Gasteiger partial charge on any atom is -0.496 e. The molecule has 21 heavy (non-hydrogen) atoms. The van der Waals surface area contributed by atoms with E-state index < -0.39 is 6.10 Å². The summed E-state index contributed by atoms with van der Waals surface area (Å²) in [6.07, 6.45) is 2.81. The molecule has 4 heteroatoms. The molecule has 1 unspecified atom stereocenters. The van der Waals surface area contributed by atoms with E-state index in [4.69, 9.17) is 9.47 Å². The van der Waals surface area contributed by atoms with Crippen molar-refractivity contribution in [3.05, 3.63) is 42.0 Å². The van der Waals surface area contributed by atoms with Gasteiger partial charge in [0.25, 0.3) is 0 Å². The van der Waals surface area contributed by atoms with Crippen molar-refractivity contribution in [1.29, 1.82) is 0 Å². The zero-order chi connectivity index (χ0) is 15.7. The Hall–Kier alpha value is -1.81. The molecule has 0 aliphatic carbocycles. The zero-order valence-electron chi connectivity index (χ0n) is 13.1. The molecule has 0 spiro atoms. The Morgan fingerprint density at radius 1 is 1.48 bits per heavy atom. The molecule has 0 aromatic heterocycles. The number of ether oxygens (including phenoxy) is 2. The van der Waals surface area contributed by atoms with E-state index in [1.807, 2.05) is 19.1 Å². The lowest BCUT2D eigenvalue weighted by Crippen LogP contribution is -2.35. The number of nitrogens with one attached hydrogen (secondary N) is 1. The molecular formula is C17H25NO3. The maximum atomic E-state index is 11.9. The molecule has 0 bridgehead atoms. The number of hydrogen-bond acceptors (Lipinski definition) is 3. The summed E-state index contributed by atoms with van der Waals surface area (Å²) in [6.45, 7) is 8.49. The molecule has 0 heterocycles. The van der Waals surface area contributed by atoms with Crippen molar-refractivity contribution in [3.8, 4) is 5.75 Å². The second-order valence-corrected chi connectivity index (χ2v) is 4.95. The minimum atomic E-state index is -0.440. The molecule has 0 fully saturated rings. The van der Waals surface area contributed by atoms with Crippen molar-refractivity contribution in [2.75, 3.05) is 20.3 Å². The number of methoxy groups -OCH3 is 1. The summed E-state index contributed by atoms with van der Waals surface area (Å²) < 4.78 is 10.7. The molecule has 1 amide bonds. The van der Waals surface area contributed by atoms with Gasteiger partial charge in [-0.25, -0.2) is 0 Å². The van der Waals surface area contributed by atoms with E-state index in [0.29, 0.717) is 13.2 Å². The van der Waals surface area contributed by atoms with Crippen LogP contribution in [0.5, 0.6) is 5.75 Å². The van der Waals surface area contributed by atoms with E-state index in [1.165, 1.54) is 5.56 Å². The molecular weight excluding hydrogens is 266 g/mol. The van der Waals surface area contributed by atoms with E-state index in [-0.39, 0.29) is 5.91 Å². The Morgan fingerprint density at radius 3 is 2.90 bits per heavy atom. The molecule has 0 saturated heterocycles. The number of carbonyl (C=O) groups excluding carboxylic acids is 1. The summed E-state index contributed by atoms with van der Waals surface area (Å²) in [4.78, 5) is 11.9. The van der Waals surface area contributed by atoms with Gasteiger partial charge >= 0.3 is 0 Å². The Kier molecular flexibility index (Phi) is 7.54. The lowest BCUT2D eigenvalue weighted by atomic mass is 10.1. The maximum absolute atomic E-state index is 11.9. The van der Waals surface area contributed by atoms with Crippen LogP contribution in [-0.2, 0) is 16.0 Å². The van der Waals surface area contributed by atoms with Crippen LogP contribution in [-0.4, -0.2) is 32.3 Å². The van der Waals surface area contributed by atoms with Gasteiger partial charge in [-0.3, -0.25) is 4.79 Å². The molecule has 0 aliphatic rings. The second kappa shape index (κ2) is 9.19. The molecule has 4 nitrogen and oxygen atoms in total. The standard InChI is InChI=1S/C17H25NO3/c1-5-6-11-21-14(3)17(19)18-10-9-15-12-13(2)7-8-16(15)20-4/h5,7-8,12,14H,1,6,9-11H2,2-4H3,(H,18,19). The lowest BCUT2D eigenvalue weighted by Gasteiger charge is -2.14. The van der Waals surface area contributed by atoms with E-state index >= 15 is 0 Å². The molecule has 1 aromatic carbocycles. The van der Waals surface area contributed by atoms with Gasteiger partial charge < -0.3 is 14.8 Å². The lowest BCUT2D eigenvalue weighted by molar-refractivity contribution is -0.131. The quantitative estimate of drug-likeness (QED) is 0.562. The van der Waals surface area contributed by atoms with Crippen LogP contribution in [0.15, 0.2) is 30.9 Å². The van der Waals surface area contributed by atoms with E-state index in [1.54, 1.807) is 20.1 Å². The third kappa shape index (κ3) is 6.00. The molecule has 1 aromatic rings. The number of benzene rings is 1. The highest BCUT2D eigenvalue weighted by atomic mass is 16.5. The van der Waals surface area contributed by atoms with Crippen molar-refractivity contribution >= 4 is 5.91 Å². The van der Waals surface area contributed by atoms with Crippen LogP contribution in [0.4, 0.5) is 0 Å². The van der Waals surface area contributed by atoms with Gasteiger partial charge in [0.05, 0.1) is 13.7 Å². The van der Waals surface area contributed by atoms with E-state index in [2.05, 4.69) is 18.0 Å². The first kappa shape index (κ1) is 17.2. The van der Waals surface area contributed by atoms with Crippen molar-refractivity contribution in [3.63, 3.8) is 0 Å². The second-order valence-electron chi connectivity index (χ2n) is 4.95. The van der Waals surface area contributed by atoms with Crippen LogP contribution in [0, 0.1) is 6.92 Å². The maximum Gasteiger partial charge on any atom is 0.248 e. The van der Waals surface area contributed by atoms with E-state index in [9.17, 15) is 4.79 Å². The minimum absolute atomic E-state index is 0.0920. The fourth-order valence-electron chi connectivity index (χ4n) is 1.97. The number of aryl methyl sites for hydroxylation is 1.